The van der Waals surface area contributed by atoms with Gasteiger partial charge in [0.2, 0.25) is 0 Å². The molecule has 11 nitrogen and oxygen atoms in total. The molecule has 1 N–H and O–H groups in total. The Balaban J connectivity index is 1.31. The van der Waals surface area contributed by atoms with Crippen LogP contribution in [0.25, 0.3) is 11.2 Å². The third-order valence-electron chi connectivity index (χ3n) is 5.67. The number of aromatic nitrogens is 6. The van der Waals surface area contributed by atoms with E-state index in [0.717, 1.165) is 54.9 Å². The molecule has 5 rings (SSSR count). The van der Waals surface area contributed by atoms with Crippen LogP contribution in [-0.4, -0.2) is 70.5 Å². The van der Waals surface area contributed by atoms with Crippen molar-refractivity contribution in [2.24, 2.45) is 0 Å². The van der Waals surface area contributed by atoms with Crippen LogP contribution >= 0.6 is 0 Å². The second-order valence-corrected chi connectivity index (χ2v) is 7.81. The lowest BCUT2D eigenvalue weighted by Gasteiger charge is -2.27. The van der Waals surface area contributed by atoms with Crippen LogP contribution in [0.1, 0.15) is 5.56 Å². The minimum atomic E-state index is 0.584. The van der Waals surface area contributed by atoms with Crippen LogP contribution in [0.2, 0.25) is 0 Å². The molecule has 34 heavy (non-hydrogen) atoms. The SMILES string of the molecule is COc1cc(CCn2nnc3c(Nc4ccc(N5CCOCC5)nc4)ncnc32)cc(OC)c1. The number of aryl methyl sites for hydroxylation is 2. The van der Waals surface area contributed by atoms with Crippen molar-refractivity contribution in [3.05, 3.63) is 48.4 Å². The minimum Gasteiger partial charge on any atom is -0.497 e. The molecule has 0 radical (unpaired) electrons. The van der Waals surface area contributed by atoms with Crippen molar-refractivity contribution in [1.82, 2.24) is 29.9 Å². The summed E-state index contributed by atoms with van der Waals surface area (Å²) in [7, 11) is 3.28. The third kappa shape index (κ3) is 4.69. The van der Waals surface area contributed by atoms with Gasteiger partial charge in [0.25, 0.3) is 0 Å². The van der Waals surface area contributed by atoms with Gasteiger partial charge in [0, 0.05) is 25.7 Å². The van der Waals surface area contributed by atoms with Crippen molar-refractivity contribution in [2.45, 2.75) is 13.0 Å². The van der Waals surface area contributed by atoms with E-state index >= 15 is 0 Å². The number of benzene rings is 1. The van der Waals surface area contributed by atoms with Gasteiger partial charge in [0.15, 0.2) is 17.0 Å². The molecule has 0 bridgehead atoms. The van der Waals surface area contributed by atoms with E-state index in [1.807, 2.05) is 30.3 Å². The van der Waals surface area contributed by atoms with Gasteiger partial charge in [0.1, 0.15) is 23.6 Å². The average molecular weight is 463 g/mol. The summed E-state index contributed by atoms with van der Waals surface area (Å²) >= 11 is 0. The van der Waals surface area contributed by atoms with E-state index in [-0.39, 0.29) is 0 Å². The van der Waals surface area contributed by atoms with Gasteiger partial charge < -0.3 is 24.4 Å². The molecule has 0 unspecified atom stereocenters. The molecular formula is C23H26N8O3. The molecule has 1 fully saturated rings. The number of nitrogens with zero attached hydrogens (tertiary/aromatic N) is 7. The highest BCUT2D eigenvalue weighted by Gasteiger charge is 2.14. The number of nitrogens with one attached hydrogen (secondary N) is 1. The summed E-state index contributed by atoms with van der Waals surface area (Å²) in [6.45, 7) is 3.73. The number of morpholine rings is 1. The van der Waals surface area contributed by atoms with Crippen molar-refractivity contribution >= 4 is 28.5 Å². The summed E-state index contributed by atoms with van der Waals surface area (Å²) in [5, 5.41) is 11.9. The third-order valence-corrected chi connectivity index (χ3v) is 5.67. The van der Waals surface area contributed by atoms with Crippen molar-refractivity contribution in [2.75, 3.05) is 50.7 Å². The maximum absolute atomic E-state index is 5.41. The summed E-state index contributed by atoms with van der Waals surface area (Å²) in [6, 6.07) is 9.79. The number of anilines is 3. The predicted octanol–water partition coefficient (Wildman–Crippen LogP) is 2.46. The molecule has 0 aliphatic carbocycles. The Morgan fingerprint density at radius 3 is 2.50 bits per heavy atom. The number of hydrogen-bond acceptors (Lipinski definition) is 10. The lowest BCUT2D eigenvalue weighted by molar-refractivity contribution is 0.122. The van der Waals surface area contributed by atoms with E-state index in [1.54, 1.807) is 25.1 Å². The van der Waals surface area contributed by atoms with E-state index in [4.69, 9.17) is 14.2 Å². The molecule has 4 heterocycles. The number of pyridine rings is 1. The number of rotatable bonds is 8. The zero-order valence-corrected chi connectivity index (χ0v) is 19.1. The summed E-state index contributed by atoms with van der Waals surface area (Å²) in [4.78, 5) is 15.6. The maximum Gasteiger partial charge on any atom is 0.183 e. The standard InChI is InChI=1S/C23H26N8O3/c1-32-18-11-16(12-19(13-18)33-2)5-6-31-23-21(28-29-31)22(25-15-26-23)27-17-3-4-20(24-14-17)30-7-9-34-10-8-30/h3-4,11-15H,5-10H2,1-2H3,(H,25,26,27). The van der Waals surface area contributed by atoms with Crippen molar-refractivity contribution in [3.63, 3.8) is 0 Å². The predicted molar refractivity (Wildman–Crippen MR) is 127 cm³/mol. The van der Waals surface area contributed by atoms with Gasteiger partial charge in [-0.3, -0.25) is 0 Å². The first kappa shape index (κ1) is 21.8. The van der Waals surface area contributed by atoms with E-state index in [0.29, 0.717) is 29.9 Å². The fourth-order valence-electron chi connectivity index (χ4n) is 3.86. The molecule has 1 saturated heterocycles. The van der Waals surface area contributed by atoms with Crippen LogP contribution in [0, 0.1) is 0 Å². The molecule has 3 aromatic heterocycles. The highest BCUT2D eigenvalue weighted by molar-refractivity contribution is 5.84. The quantitative estimate of drug-likeness (QED) is 0.419. The molecule has 176 valence electrons. The summed E-state index contributed by atoms with van der Waals surface area (Å²) in [5.41, 5.74) is 3.14. The molecule has 1 aliphatic heterocycles. The molecule has 4 aromatic rings. The van der Waals surface area contributed by atoms with Crippen molar-refractivity contribution < 1.29 is 14.2 Å². The first-order valence-electron chi connectivity index (χ1n) is 11.1. The first-order valence-corrected chi connectivity index (χ1v) is 11.1. The molecule has 0 amide bonds. The maximum atomic E-state index is 5.41. The zero-order valence-electron chi connectivity index (χ0n) is 19.1. The van der Waals surface area contributed by atoms with Gasteiger partial charge in [0.05, 0.1) is 39.3 Å². The molecule has 0 saturated carbocycles. The van der Waals surface area contributed by atoms with Crippen LogP contribution < -0.4 is 19.7 Å². The normalized spacial score (nSPS) is 13.8. The van der Waals surface area contributed by atoms with E-state index < -0.39 is 0 Å². The zero-order chi connectivity index (χ0) is 23.3. The largest absolute Gasteiger partial charge is 0.497 e. The number of methoxy groups -OCH3 is 2. The van der Waals surface area contributed by atoms with Crippen molar-refractivity contribution in [3.8, 4) is 11.5 Å². The Labute approximate surface area is 196 Å². The van der Waals surface area contributed by atoms with Gasteiger partial charge >= 0.3 is 0 Å². The Morgan fingerprint density at radius 1 is 1.00 bits per heavy atom. The van der Waals surface area contributed by atoms with Gasteiger partial charge in [-0.15, -0.1) is 5.10 Å². The van der Waals surface area contributed by atoms with Gasteiger partial charge in [-0.1, -0.05) is 5.21 Å². The first-order chi connectivity index (χ1) is 16.7. The number of fused-ring (bicyclic) bond motifs is 1. The van der Waals surface area contributed by atoms with Crippen LogP contribution in [0.4, 0.5) is 17.3 Å². The summed E-state index contributed by atoms with van der Waals surface area (Å²) in [6.07, 6.45) is 4.01. The monoisotopic (exact) mass is 462 g/mol. The Hall–Kier alpha value is -3.99. The minimum absolute atomic E-state index is 0.584. The van der Waals surface area contributed by atoms with Crippen molar-refractivity contribution in [1.29, 1.82) is 0 Å². The topological polar surface area (TPSA) is 112 Å². The molecule has 11 heteroatoms. The Bertz CT molecular complexity index is 1230. The lowest BCUT2D eigenvalue weighted by Crippen LogP contribution is -2.36. The molecule has 0 atom stereocenters. The van der Waals surface area contributed by atoms with E-state index in [2.05, 4.69) is 35.5 Å². The Morgan fingerprint density at radius 2 is 1.79 bits per heavy atom. The van der Waals surface area contributed by atoms with Gasteiger partial charge in [-0.25, -0.2) is 19.6 Å². The fourth-order valence-corrected chi connectivity index (χ4v) is 3.86. The smallest absolute Gasteiger partial charge is 0.183 e. The number of ether oxygens (including phenoxy) is 3. The molecule has 1 aliphatic rings. The van der Waals surface area contributed by atoms with Crippen LogP contribution in [0.15, 0.2) is 42.9 Å². The van der Waals surface area contributed by atoms with Gasteiger partial charge in [-0.05, 0) is 36.2 Å². The molecular weight excluding hydrogens is 436 g/mol. The average Bonchev–Trinajstić information content (AvgIpc) is 3.32. The second kappa shape index (κ2) is 9.87. The Kier molecular flexibility index (Phi) is 6.34. The van der Waals surface area contributed by atoms with Crippen LogP contribution in [-0.2, 0) is 17.7 Å². The highest BCUT2D eigenvalue weighted by atomic mass is 16.5. The van der Waals surface area contributed by atoms with E-state index in [1.165, 1.54) is 6.33 Å². The second-order valence-electron chi connectivity index (χ2n) is 7.81. The summed E-state index contributed by atoms with van der Waals surface area (Å²) in [5.74, 6) is 3.02. The summed E-state index contributed by atoms with van der Waals surface area (Å²) < 4.78 is 17.9. The highest BCUT2D eigenvalue weighted by Crippen LogP contribution is 2.25. The molecule has 1 aromatic carbocycles. The molecule has 0 spiro atoms. The van der Waals surface area contributed by atoms with Crippen LogP contribution in [0.5, 0.6) is 11.5 Å². The van der Waals surface area contributed by atoms with E-state index in [9.17, 15) is 0 Å². The van der Waals surface area contributed by atoms with Crippen LogP contribution in [0.3, 0.4) is 0 Å². The van der Waals surface area contributed by atoms with Gasteiger partial charge in [-0.2, -0.15) is 0 Å². The lowest BCUT2D eigenvalue weighted by atomic mass is 10.1. The fraction of sp³-hybridized carbons (Fsp3) is 0.348. The number of hydrogen-bond donors (Lipinski definition) is 1.